The standard InChI is InChI=1S/C14H33N3/c1-8-14(9-2,17(10-3)11-4)12(16-15)13(5,6)7/h12,16H,8-11,15H2,1-7H3. The Morgan fingerprint density at radius 2 is 1.41 bits per heavy atom. The predicted molar refractivity (Wildman–Crippen MR) is 76.8 cm³/mol. The van der Waals surface area contributed by atoms with Gasteiger partial charge in [0.05, 0.1) is 0 Å². The van der Waals surface area contributed by atoms with Crippen LogP contribution < -0.4 is 11.3 Å². The normalized spacial score (nSPS) is 15.4. The van der Waals surface area contributed by atoms with Gasteiger partial charge in [-0.2, -0.15) is 0 Å². The molecule has 104 valence electrons. The Morgan fingerprint density at radius 3 is 1.59 bits per heavy atom. The van der Waals surface area contributed by atoms with Gasteiger partial charge in [-0.25, -0.2) is 0 Å². The first kappa shape index (κ1) is 16.9. The maximum Gasteiger partial charge on any atom is 0.0442 e. The Bertz CT molecular complexity index is 200. The minimum atomic E-state index is 0.149. The summed E-state index contributed by atoms with van der Waals surface area (Å²) in [6, 6.07) is 0.296. The van der Waals surface area contributed by atoms with Gasteiger partial charge >= 0.3 is 0 Å². The highest BCUT2D eigenvalue weighted by Crippen LogP contribution is 2.36. The van der Waals surface area contributed by atoms with Crippen LogP contribution in [0.15, 0.2) is 0 Å². The second-order valence-electron chi connectivity index (χ2n) is 5.95. The van der Waals surface area contributed by atoms with E-state index in [1.165, 1.54) is 0 Å². The summed E-state index contributed by atoms with van der Waals surface area (Å²) in [5.41, 5.74) is 3.40. The average Bonchev–Trinajstić information content (AvgIpc) is 2.27. The summed E-state index contributed by atoms with van der Waals surface area (Å²) in [5, 5.41) is 0. The van der Waals surface area contributed by atoms with Gasteiger partial charge in [-0.05, 0) is 31.3 Å². The molecule has 3 heteroatoms. The Hall–Kier alpha value is -0.120. The summed E-state index contributed by atoms with van der Waals surface area (Å²) in [6.45, 7) is 18.0. The minimum absolute atomic E-state index is 0.149. The molecule has 0 heterocycles. The van der Waals surface area contributed by atoms with E-state index in [4.69, 9.17) is 5.84 Å². The Morgan fingerprint density at radius 1 is 1.00 bits per heavy atom. The van der Waals surface area contributed by atoms with Crippen molar-refractivity contribution in [3.63, 3.8) is 0 Å². The fraction of sp³-hybridized carbons (Fsp3) is 1.00. The van der Waals surface area contributed by atoms with Gasteiger partial charge < -0.3 is 0 Å². The molecule has 0 radical (unpaired) electrons. The molecule has 0 aromatic heterocycles. The monoisotopic (exact) mass is 243 g/mol. The third-order valence-corrected chi connectivity index (χ3v) is 4.19. The lowest BCUT2D eigenvalue weighted by Gasteiger charge is -2.52. The maximum absolute atomic E-state index is 5.87. The summed E-state index contributed by atoms with van der Waals surface area (Å²) in [5.74, 6) is 5.87. The quantitative estimate of drug-likeness (QED) is 0.534. The van der Waals surface area contributed by atoms with Crippen LogP contribution in [0.3, 0.4) is 0 Å². The molecule has 0 aliphatic heterocycles. The fourth-order valence-corrected chi connectivity index (χ4v) is 3.35. The third-order valence-electron chi connectivity index (χ3n) is 4.19. The molecule has 0 saturated carbocycles. The molecule has 0 aliphatic carbocycles. The van der Waals surface area contributed by atoms with E-state index in [0.29, 0.717) is 6.04 Å². The molecule has 0 aromatic carbocycles. The van der Waals surface area contributed by atoms with Crippen molar-refractivity contribution >= 4 is 0 Å². The van der Waals surface area contributed by atoms with Crippen molar-refractivity contribution in [3.05, 3.63) is 0 Å². The van der Waals surface area contributed by atoms with Crippen LogP contribution in [0.4, 0.5) is 0 Å². The first-order valence-corrected chi connectivity index (χ1v) is 7.05. The highest BCUT2D eigenvalue weighted by molar-refractivity contribution is 5.02. The minimum Gasteiger partial charge on any atom is -0.297 e. The first-order chi connectivity index (χ1) is 7.83. The first-order valence-electron chi connectivity index (χ1n) is 7.05. The molecule has 3 nitrogen and oxygen atoms in total. The zero-order valence-corrected chi connectivity index (χ0v) is 12.9. The molecule has 0 bridgehead atoms. The van der Waals surface area contributed by atoms with Gasteiger partial charge in [0, 0.05) is 11.6 Å². The van der Waals surface area contributed by atoms with Crippen molar-refractivity contribution in [2.45, 2.75) is 72.9 Å². The predicted octanol–water partition coefficient (Wildman–Crippen LogP) is 2.77. The molecule has 0 rings (SSSR count). The molecular formula is C14H33N3. The van der Waals surface area contributed by atoms with Crippen LogP contribution in [-0.4, -0.2) is 29.6 Å². The van der Waals surface area contributed by atoms with Crippen molar-refractivity contribution in [1.82, 2.24) is 10.3 Å². The molecule has 0 amide bonds. The van der Waals surface area contributed by atoms with Gasteiger partial charge in [0.25, 0.3) is 0 Å². The maximum atomic E-state index is 5.87. The van der Waals surface area contributed by atoms with E-state index in [1.807, 2.05) is 0 Å². The molecule has 0 saturated heterocycles. The second-order valence-corrected chi connectivity index (χ2v) is 5.95. The van der Waals surface area contributed by atoms with Crippen LogP contribution in [0, 0.1) is 5.41 Å². The summed E-state index contributed by atoms with van der Waals surface area (Å²) in [4.78, 5) is 2.56. The lowest BCUT2D eigenvalue weighted by molar-refractivity contribution is 0.00727. The van der Waals surface area contributed by atoms with Crippen molar-refractivity contribution < 1.29 is 0 Å². The summed E-state index contributed by atoms with van der Waals surface area (Å²) in [6.07, 6.45) is 2.24. The highest BCUT2D eigenvalue weighted by Gasteiger charge is 2.44. The molecule has 0 aromatic rings. The van der Waals surface area contributed by atoms with Crippen LogP contribution in [0.5, 0.6) is 0 Å². The molecule has 1 atom stereocenters. The van der Waals surface area contributed by atoms with Crippen molar-refractivity contribution in [2.75, 3.05) is 13.1 Å². The zero-order chi connectivity index (χ0) is 13.7. The summed E-state index contributed by atoms with van der Waals surface area (Å²) < 4.78 is 0. The molecule has 0 aliphatic rings. The SMILES string of the molecule is CCN(CC)C(CC)(CC)C(NN)C(C)(C)C. The number of nitrogens with two attached hydrogens (primary N) is 1. The van der Waals surface area contributed by atoms with Crippen LogP contribution >= 0.6 is 0 Å². The van der Waals surface area contributed by atoms with E-state index in [0.717, 1.165) is 25.9 Å². The van der Waals surface area contributed by atoms with Crippen LogP contribution in [0.2, 0.25) is 0 Å². The average molecular weight is 243 g/mol. The number of hydrogen-bond donors (Lipinski definition) is 2. The second kappa shape index (κ2) is 6.72. The molecule has 0 fully saturated rings. The Balaban J connectivity index is 5.42. The lowest BCUT2D eigenvalue weighted by Crippen LogP contribution is -2.66. The van der Waals surface area contributed by atoms with Crippen molar-refractivity contribution in [2.24, 2.45) is 11.3 Å². The van der Waals surface area contributed by atoms with E-state index in [2.05, 4.69) is 58.8 Å². The summed E-state index contributed by atoms with van der Waals surface area (Å²) >= 11 is 0. The third kappa shape index (κ3) is 3.43. The van der Waals surface area contributed by atoms with Gasteiger partial charge in [0.2, 0.25) is 0 Å². The van der Waals surface area contributed by atoms with Crippen LogP contribution in [0.1, 0.15) is 61.3 Å². The van der Waals surface area contributed by atoms with E-state index in [-0.39, 0.29) is 11.0 Å². The Kier molecular flexibility index (Phi) is 6.67. The van der Waals surface area contributed by atoms with E-state index in [9.17, 15) is 0 Å². The smallest absolute Gasteiger partial charge is 0.0442 e. The van der Waals surface area contributed by atoms with Crippen LogP contribution in [0.25, 0.3) is 0 Å². The van der Waals surface area contributed by atoms with Crippen molar-refractivity contribution in [1.29, 1.82) is 0 Å². The van der Waals surface area contributed by atoms with Gasteiger partial charge in [-0.1, -0.05) is 48.5 Å². The number of rotatable bonds is 7. The van der Waals surface area contributed by atoms with Gasteiger partial charge in [-0.3, -0.25) is 16.2 Å². The largest absolute Gasteiger partial charge is 0.297 e. The van der Waals surface area contributed by atoms with E-state index >= 15 is 0 Å². The number of nitrogens with one attached hydrogen (secondary N) is 1. The molecule has 3 N–H and O–H groups in total. The van der Waals surface area contributed by atoms with Crippen molar-refractivity contribution in [3.8, 4) is 0 Å². The molecular weight excluding hydrogens is 210 g/mol. The Labute approximate surface area is 108 Å². The van der Waals surface area contributed by atoms with E-state index in [1.54, 1.807) is 0 Å². The lowest BCUT2D eigenvalue weighted by atomic mass is 9.70. The number of nitrogens with zero attached hydrogens (tertiary/aromatic N) is 1. The number of likely N-dealkylation sites (N-methyl/N-ethyl adjacent to an activating group) is 1. The fourth-order valence-electron chi connectivity index (χ4n) is 3.35. The zero-order valence-electron chi connectivity index (χ0n) is 12.9. The summed E-state index contributed by atoms with van der Waals surface area (Å²) in [7, 11) is 0. The highest BCUT2D eigenvalue weighted by atomic mass is 15.3. The number of hydrogen-bond acceptors (Lipinski definition) is 3. The molecule has 0 spiro atoms. The molecule has 17 heavy (non-hydrogen) atoms. The van der Waals surface area contributed by atoms with Gasteiger partial charge in [0.15, 0.2) is 0 Å². The van der Waals surface area contributed by atoms with Crippen LogP contribution in [-0.2, 0) is 0 Å². The van der Waals surface area contributed by atoms with E-state index < -0.39 is 0 Å². The number of hydrazine groups is 1. The molecule has 1 unspecified atom stereocenters. The van der Waals surface area contributed by atoms with Gasteiger partial charge in [-0.15, -0.1) is 0 Å². The topological polar surface area (TPSA) is 41.3 Å². The van der Waals surface area contributed by atoms with Gasteiger partial charge in [0.1, 0.15) is 0 Å².